The van der Waals surface area contributed by atoms with E-state index in [4.69, 9.17) is 4.42 Å². The summed E-state index contributed by atoms with van der Waals surface area (Å²) in [5.74, 6) is -0.414. The molecule has 0 saturated heterocycles. The van der Waals surface area contributed by atoms with Crippen LogP contribution in [0, 0.1) is 0 Å². The highest BCUT2D eigenvalue weighted by atomic mass is 32.1. The Morgan fingerprint density at radius 3 is 2.90 bits per heavy atom. The van der Waals surface area contributed by atoms with E-state index < -0.39 is 5.76 Å². The normalized spacial score (nSPS) is 12.9. The molecule has 1 atom stereocenters. The Kier molecular flexibility index (Phi) is 3.46. The van der Waals surface area contributed by atoms with Gasteiger partial charge in [0, 0.05) is 9.75 Å². The van der Waals surface area contributed by atoms with Crippen molar-refractivity contribution in [2.24, 2.45) is 0 Å². The molecule has 0 aliphatic carbocycles. The van der Waals surface area contributed by atoms with Gasteiger partial charge in [0.05, 0.1) is 11.6 Å². The van der Waals surface area contributed by atoms with Gasteiger partial charge < -0.3 is 9.73 Å². The van der Waals surface area contributed by atoms with Gasteiger partial charge in [0.1, 0.15) is 0 Å². The number of rotatable bonds is 4. The topological polar surface area (TPSA) is 58.0 Å². The Morgan fingerprint density at radius 1 is 1.35 bits per heavy atom. The Bertz CT molecular complexity index is 784. The quantitative estimate of drug-likeness (QED) is 0.775. The molecular formula is C15H16N2O2S. The highest BCUT2D eigenvalue weighted by molar-refractivity contribution is 7.12. The lowest BCUT2D eigenvalue weighted by atomic mass is 10.1. The Labute approximate surface area is 120 Å². The monoisotopic (exact) mass is 288 g/mol. The number of aromatic nitrogens is 1. The fourth-order valence-electron chi connectivity index (χ4n) is 2.35. The molecule has 104 valence electrons. The molecule has 5 heteroatoms. The van der Waals surface area contributed by atoms with Gasteiger partial charge >= 0.3 is 5.76 Å². The minimum absolute atomic E-state index is 0.116. The van der Waals surface area contributed by atoms with Crippen molar-refractivity contribution >= 4 is 22.4 Å². The number of benzene rings is 1. The first-order valence-electron chi connectivity index (χ1n) is 6.60. The summed E-state index contributed by atoms with van der Waals surface area (Å²) in [6, 6.07) is 10.3. The molecule has 1 aromatic carbocycles. The van der Waals surface area contributed by atoms with E-state index in [9.17, 15) is 4.79 Å². The summed E-state index contributed by atoms with van der Waals surface area (Å²) < 4.78 is 5.13. The van der Waals surface area contributed by atoms with Gasteiger partial charge in [-0.2, -0.15) is 0 Å². The maximum Gasteiger partial charge on any atom is 0.417 e. The van der Waals surface area contributed by atoms with E-state index in [0.717, 1.165) is 17.5 Å². The summed E-state index contributed by atoms with van der Waals surface area (Å²) >= 11 is 1.81. The molecule has 2 aromatic heterocycles. The summed E-state index contributed by atoms with van der Waals surface area (Å²) in [4.78, 5) is 16.5. The Morgan fingerprint density at radius 2 is 2.20 bits per heavy atom. The molecule has 3 rings (SSSR count). The van der Waals surface area contributed by atoms with Crippen molar-refractivity contribution in [2.45, 2.75) is 19.4 Å². The van der Waals surface area contributed by atoms with Crippen molar-refractivity contribution in [1.29, 1.82) is 0 Å². The number of oxazole rings is 1. The minimum Gasteiger partial charge on any atom is -0.408 e. The molecule has 0 aliphatic heterocycles. The van der Waals surface area contributed by atoms with Crippen molar-refractivity contribution in [2.75, 3.05) is 7.05 Å². The summed E-state index contributed by atoms with van der Waals surface area (Å²) in [5.41, 5.74) is 2.42. The van der Waals surface area contributed by atoms with Crippen molar-refractivity contribution in [1.82, 2.24) is 10.3 Å². The highest BCUT2D eigenvalue weighted by Crippen LogP contribution is 2.29. The molecule has 0 spiro atoms. The van der Waals surface area contributed by atoms with Gasteiger partial charge in [0.15, 0.2) is 5.58 Å². The minimum atomic E-state index is -0.414. The predicted octanol–water partition coefficient (Wildman–Crippen LogP) is 3.05. The first-order chi connectivity index (χ1) is 9.71. The van der Waals surface area contributed by atoms with Crippen molar-refractivity contribution in [3.05, 3.63) is 56.2 Å². The summed E-state index contributed by atoms with van der Waals surface area (Å²) in [7, 11) is 1.94. The van der Waals surface area contributed by atoms with Crippen molar-refractivity contribution < 1.29 is 4.42 Å². The number of H-pyrrole nitrogens is 1. The van der Waals surface area contributed by atoms with Crippen LogP contribution in [0.5, 0.6) is 0 Å². The van der Waals surface area contributed by atoms with Crippen LogP contribution in [0.15, 0.2) is 39.5 Å². The Hall–Kier alpha value is -1.85. The van der Waals surface area contributed by atoms with Gasteiger partial charge in [-0.25, -0.2) is 4.79 Å². The maximum absolute atomic E-state index is 11.2. The van der Waals surface area contributed by atoms with Gasteiger partial charge in [-0.15, -0.1) is 11.3 Å². The second-order valence-corrected chi connectivity index (χ2v) is 5.85. The van der Waals surface area contributed by atoms with Gasteiger partial charge in [0.25, 0.3) is 0 Å². The zero-order valence-electron chi connectivity index (χ0n) is 11.4. The molecule has 0 amide bonds. The second kappa shape index (κ2) is 5.26. The number of thiophene rings is 1. The smallest absolute Gasteiger partial charge is 0.408 e. The fourth-order valence-corrected chi connectivity index (χ4v) is 3.45. The van der Waals surface area contributed by atoms with Gasteiger partial charge in [-0.1, -0.05) is 13.0 Å². The fraction of sp³-hybridized carbons (Fsp3) is 0.267. The van der Waals surface area contributed by atoms with Crippen molar-refractivity contribution in [3.8, 4) is 0 Å². The molecule has 1 unspecified atom stereocenters. The second-order valence-electron chi connectivity index (χ2n) is 4.65. The first-order valence-corrected chi connectivity index (χ1v) is 7.41. The molecule has 3 aromatic rings. The summed E-state index contributed by atoms with van der Waals surface area (Å²) in [5, 5.41) is 3.32. The summed E-state index contributed by atoms with van der Waals surface area (Å²) in [6.45, 7) is 2.16. The molecule has 20 heavy (non-hydrogen) atoms. The van der Waals surface area contributed by atoms with Crippen LogP contribution in [0.25, 0.3) is 11.1 Å². The van der Waals surface area contributed by atoms with Crippen LogP contribution in [-0.2, 0) is 6.42 Å². The van der Waals surface area contributed by atoms with E-state index in [1.165, 1.54) is 9.75 Å². The zero-order valence-corrected chi connectivity index (χ0v) is 12.2. The number of aromatic amines is 1. The lowest BCUT2D eigenvalue weighted by Crippen LogP contribution is -2.16. The maximum atomic E-state index is 11.2. The lowest BCUT2D eigenvalue weighted by Gasteiger charge is -2.14. The number of fused-ring (bicyclic) bond motifs is 1. The summed E-state index contributed by atoms with van der Waals surface area (Å²) in [6.07, 6.45) is 1.05. The largest absolute Gasteiger partial charge is 0.417 e. The van der Waals surface area contributed by atoms with E-state index in [2.05, 4.69) is 29.4 Å². The molecule has 4 nitrogen and oxygen atoms in total. The lowest BCUT2D eigenvalue weighted by molar-refractivity contribution is 0.554. The highest BCUT2D eigenvalue weighted by Gasteiger charge is 2.15. The average molecular weight is 288 g/mol. The van der Waals surface area contributed by atoms with E-state index in [-0.39, 0.29) is 6.04 Å². The van der Waals surface area contributed by atoms with Gasteiger partial charge in [-0.3, -0.25) is 4.98 Å². The first kappa shape index (κ1) is 13.1. The third-order valence-electron chi connectivity index (χ3n) is 3.38. The molecule has 2 heterocycles. The molecule has 2 N–H and O–H groups in total. The molecule has 0 bridgehead atoms. The Balaban J connectivity index is 2.03. The predicted molar refractivity (Wildman–Crippen MR) is 81.4 cm³/mol. The number of aryl methyl sites for hydroxylation is 1. The molecule has 0 radical (unpaired) electrons. The van der Waals surface area contributed by atoms with E-state index in [1.54, 1.807) is 0 Å². The standard InChI is InChI=1S/C15H16N2O2S/c1-3-10-5-7-13(20-10)14(16-2)9-4-6-11-12(8-9)19-15(18)17-11/h4-8,14,16H,3H2,1-2H3,(H,17,18). The van der Waals surface area contributed by atoms with Crippen LogP contribution in [0.1, 0.15) is 28.3 Å². The van der Waals surface area contributed by atoms with E-state index >= 15 is 0 Å². The molecular weight excluding hydrogens is 272 g/mol. The van der Waals surface area contributed by atoms with Crippen LogP contribution in [0.3, 0.4) is 0 Å². The number of hydrogen-bond acceptors (Lipinski definition) is 4. The zero-order chi connectivity index (χ0) is 14.1. The SMILES string of the molecule is CCc1ccc(C(NC)c2ccc3[nH]c(=O)oc3c2)s1. The molecule has 0 aliphatic rings. The number of hydrogen-bond donors (Lipinski definition) is 2. The third-order valence-corrected chi connectivity index (χ3v) is 4.68. The third kappa shape index (κ3) is 2.30. The van der Waals surface area contributed by atoms with Crippen LogP contribution in [0.4, 0.5) is 0 Å². The van der Waals surface area contributed by atoms with E-state index in [0.29, 0.717) is 5.58 Å². The number of nitrogens with one attached hydrogen (secondary N) is 2. The van der Waals surface area contributed by atoms with Crippen LogP contribution in [0.2, 0.25) is 0 Å². The average Bonchev–Trinajstić information content (AvgIpc) is 3.04. The van der Waals surface area contributed by atoms with Gasteiger partial charge in [0.2, 0.25) is 0 Å². The van der Waals surface area contributed by atoms with E-state index in [1.807, 2.05) is 36.6 Å². The van der Waals surface area contributed by atoms with Crippen LogP contribution in [-0.4, -0.2) is 12.0 Å². The molecule has 0 saturated carbocycles. The van der Waals surface area contributed by atoms with Crippen molar-refractivity contribution in [3.63, 3.8) is 0 Å². The van der Waals surface area contributed by atoms with Crippen LogP contribution < -0.4 is 11.1 Å². The molecule has 0 fully saturated rings. The van der Waals surface area contributed by atoms with Crippen LogP contribution >= 0.6 is 11.3 Å². The van der Waals surface area contributed by atoms with Gasteiger partial charge in [-0.05, 0) is 43.3 Å².